The molecule has 0 aromatic carbocycles. The minimum absolute atomic E-state index is 0.312. The SMILES string of the molecule is CCC(N)Cc1ccn(CCCC(C)C)c1. The molecule has 1 aromatic rings. The monoisotopic (exact) mass is 222 g/mol. The van der Waals surface area contributed by atoms with Gasteiger partial charge in [0, 0.05) is 25.0 Å². The first kappa shape index (κ1) is 13.3. The minimum Gasteiger partial charge on any atom is -0.354 e. The third-order valence-corrected chi connectivity index (χ3v) is 3.03. The Hall–Kier alpha value is -0.760. The van der Waals surface area contributed by atoms with Crippen molar-refractivity contribution in [3.8, 4) is 0 Å². The summed E-state index contributed by atoms with van der Waals surface area (Å²) in [5.41, 5.74) is 7.32. The van der Waals surface area contributed by atoms with E-state index < -0.39 is 0 Å². The van der Waals surface area contributed by atoms with Crippen LogP contribution in [0.25, 0.3) is 0 Å². The van der Waals surface area contributed by atoms with Crippen LogP contribution in [0.5, 0.6) is 0 Å². The first-order valence-electron chi connectivity index (χ1n) is 6.52. The molecule has 0 bridgehead atoms. The Morgan fingerprint density at radius 1 is 1.38 bits per heavy atom. The third kappa shape index (κ3) is 4.84. The first-order valence-corrected chi connectivity index (χ1v) is 6.52. The number of aromatic nitrogens is 1. The van der Waals surface area contributed by atoms with Crippen LogP contribution in [0.4, 0.5) is 0 Å². The average Bonchev–Trinajstić information content (AvgIpc) is 2.65. The predicted octanol–water partition coefficient (Wildman–Crippen LogP) is 3.20. The molecule has 0 aliphatic carbocycles. The quantitative estimate of drug-likeness (QED) is 0.754. The van der Waals surface area contributed by atoms with E-state index in [-0.39, 0.29) is 0 Å². The summed E-state index contributed by atoms with van der Waals surface area (Å²) in [6, 6.07) is 2.51. The van der Waals surface area contributed by atoms with Crippen LogP contribution < -0.4 is 5.73 Å². The first-order chi connectivity index (χ1) is 7.61. The molecule has 92 valence electrons. The fraction of sp³-hybridized carbons (Fsp3) is 0.714. The van der Waals surface area contributed by atoms with E-state index in [4.69, 9.17) is 5.73 Å². The number of hydrogen-bond donors (Lipinski definition) is 1. The Labute approximate surface area is 99.8 Å². The zero-order chi connectivity index (χ0) is 12.0. The Morgan fingerprint density at radius 2 is 2.12 bits per heavy atom. The molecular weight excluding hydrogens is 196 g/mol. The third-order valence-electron chi connectivity index (χ3n) is 3.03. The van der Waals surface area contributed by atoms with Gasteiger partial charge in [-0.2, -0.15) is 0 Å². The fourth-order valence-electron chi connectivity index (χ4n) is 1.88. The molecule has 2 heteroatoms. The highest BCUT2D eigenvalue weighted by Crippen LogP contribution is 2.09. The van der Waals surface area contributed by atoms with Crippen LogP contribution in [0, 0.1) is 5.92 Å². The van der Waals surface area contributed by atoms with Crippen LogP contribution in [0.15, 0.2) is 18.5 Å². The maximum Gasteiger partial charge on any atom is 0.0219 e. The molecular formula is C14H26N2. The van der Waals surface area contributed by atoms with Gasteiger partial charge in [-0.25, -0.2) is 0 Å². The van der Waals surface area contributed by atoms with Crippen LogP contribution in [0.2, 0.25) is 0 Å². The van der Waals surface area contributed by atoms with E-state index in [1.807, 2.05) is 0 Å². The predicted molar refractivity (Wildman–Crippen MR) is 70.5 cm³/mol. The van der Waals surface area contributed by atoms with Crippen LogP contribution in [0.3, 0.4) is 0 Å². The Bertz CT molecular complexity index is 289. The van der Waals surface area contributed by atoms with Crippen molar-refractivity contribution in [2.75, 3.05) is 0 Å². The smallest absolute Gasteiger partial charge is 0.0219 e. The molecule has 1 aromatic heterocycles. The van der Waals surface area contributed by atoms with Gasteiger partial charge in [0.05, 0.1) is 0 Å². The summed E-state index contributed by atoms with van der Waals surface area (Å²) in [4.78, 5) is 0. The number of rotatable bonds is 7. The topological polar surface area (TPSA) is 30.9 Å². The standard InChI is InChI=1S/C14H26N2/c1-4-14(15)10-13-7-9-16(11-13)8-5-6-12(2)3/h7,9,11-12,14H,4-6,8,10,15H2,1-3H3. The normalized spacial score (nSPS) is 13.3. The van der Waals surface area contributed by atoms with Gasteiger partial charge in [-0.15, -0.1) is 0 Å². The Kier molecular flexibility index (Phi) is 5.61. The van der Waals surface area contributed by atoms with Gasteiger partial charge >= 0.3 is 0 Å². The molecule has 0 fully saturated rings. The van der Waals surface area contributed by atoms with Crippen molar-refractivity contribution in [3.05, 3.63) is 24.0 Å². The van der Waals surface area contributed by atoms with Crippen LogP contribution >= 0.6 is 0 Å². The molecule has 0 amide bonds. The lowest BCUT2D eigenvalue weighted by Crippen LogP contribution is -2.21. The van der Waals surface area contributed by atoms with Crippen molar-refractivity contribution in [1.82, 2.24) is 4.57 Å². The molecule has 0 aliphatic rings. The van der Waals surface area contributed by atoms with Gasteiger partial charge in [0.2, 0.25) is 0 Å². The summed E-state index contributed by atoms with van der Waals surface area (Å²) >= 11 is 0. The summed E-state index contributed by atoms with van der Waals surface area (Å²) in [5.74, 6) is 0.809. The van der Waals surface area contributed by atoms with Crippen molar-refractivity contribution < 1.29 is 0 Å². The van der Waals surface area contributed by atoms with E-state index >= 15 is 0 Å². The lowest BCUT2D eigenvalue weighted by atomic mass is 10.1. The average molecular weight is 222 g/mol. The number of aryl methyl sites for hydroxylation is 1. The number of nitrogens with two attached hydrogens (primary N) is 1. The lowest BCUT2D eigenvalue weighted by Gasteiger charge is -2.07. The molecule has 0 aliphatic heterocycles. The molecule has 16 heavy (non-hydrogen) atoms. The van der Waals surface area contributed by atoms with E-state index in [1.54, 1.807) is 0 Å². The summed E-state index contributed by atoms with van der Waals surface area (Å²) in [7, 11) is 0. The Balaban J connectivity index is 2.33. The van der Waals surface area contributed by atoms with Gasteiger partial charge < -0.3 is 10.3 Å². The Morgan fingerprint density at radius 3 is 2.75 bits per heavy atom. The van der Waals surface area contributed by atoms with Crippen LogP contribution in [-0.2, 0) is 13.0 Å². The van der Waals surface area contributed by atoms with E-state index in [2.05, 4.69) is 43.8 Å². The second-order valence-corrected chi connectivity index (χ2v) is 5.17. The maximum absolute atomic E-state index is 5.94. The van der Waals surface area contributed by atoms with Crippen LogP contribution in [-0.4, -0.2) is 10.6 Å². The van der Waals surface area contributed by atoms with Gasteiger partial charge in [0.1, 0.15) is 0 Å². The summed E-state index contributed by atoms with van der Waals surface area (Å²) in [6.07, 6.45) is 9.06. The highest BCUT2D eigenvalue weighted by Gasteiger charge is 2.03. The van der Waals surface area contributed by atoms with Gasteiger partial charge in [-0.1, -0.05) is 20.8 Å². The lowest BCUT2D eigenvalue weighted by molar-refractivity contribution is 0.512. The molecule has 0 saturated carbocycles. The van der Waals surface area contributed by atoms with Crippen molar-refractivity contribution in [3.63, 3.8) is 0 Å². The van der Waals surface area contributed by atoms with E-state index in [0.29, 0.717) is 6.04 Å². The molecule has 2 nitrogen and oxygen atoms in total. The zero-order valence-electron chi connectivity index (χ0n) is 10.9. The van der Waals surface area contributed by atoms with Crippen molar-refractivity contribution in [1.29, 1.82) is 0 Å². The highest BCUT2D eigenvalue weighted by atomic mass is 14.9. The zero-order valence-corrected chi connectivity index (χ0v) is 10.9. The summed E-state index contributed by atoms with van der Waals surface area (Å²) in [6.45, 7) is 7.84. The molecule has 2 N–H and O–H groups in total. The van der Waals surface area contributed by atoms with E-state index in [9.17, 15) is 0 Å². The van der Waals surface area contributed by atoms with E-state index in [0.717, 1.165) is 25.3 Å². The number of nitrogens with zero attached hydrogens (tertiary/aromatic N) is 1. The molecule has 1 atom stereocenters. The number of hydrogen-bond acceptors (Lipinski definition) is 1. The molecule has 1 rings (SSSR count). The molecule has 0 radical (unpaired) electrons. The van der Waals surface area contributed by atoms with Gasteiger partial charge in [0.25, 0.3) is 0 Å². The molecule has 1 unspecified atom stereocenters. The molecule has 0 spiro atoms. The van der Waals surface area contributed by atoms with E-state index in [1.165, 1.54) is 18.4 Å². The summed E-state index contributed by atoms with van der Waals surface area (Å²) in [5, 5.41) is 0. The minimum atomic E-state index is 0.312. The second-order valence-electron chi connectivity index (χ2n) is 5.17. The van der Waals surface area contributed by atoms with Crippen molar-refractivity contribution in [2.24, 2.45) is 11.7 Å². The molecule has 1 heterocycles. The van der Waals surface area contributed by atoms with Gasteiger partial charge in [0.15, 0.2) is 0 Å². The van der Waals surface area contributed by atoms with Gasteiger partial charge in [-0.05, 0) is 43.2 Å². The second kappa shape index (κ2) is 6.74. The highest BCUT2D eigenvalue weighted by molar-refractivity contribution is 5.11. The largest absolute Gasteiger partial charge is 0.354 e. The molecule has 0 saturated heterocycles. The van der Waals surface area contributed by atoms with Crippen molar-refractivity contribution >= 4 is 0 Å². The van der Waals surface area contributed by atoms with Crippen LogP contribution in [0.1, 0.15) is 45.6 Å². The summed E-state index contributed by atoms with van der Waals surface area (Å²) < 4.78 is 2.29. The van der Waals surface area contributed by atoms with Gasteiger partial charge in [-0.3, -0.25) is 0 Å². The fourth-order valence-corrected chi connectivity index (χ4v) is 1.88. The van der Waals surface area contributed by atoms with Crippen molar-refractivity contribution in [2.45, 2.75) is 59.0 Å². The maximum atomic E-state index is 5.94.